The largest absolute Gasteiger partial charge is 0.396 e. The summed E-state index contributed by atoms with van der Waals surface area (Å²) < 4.78 is 12.9. The van der Waals surface area contributed by atoms with Gasteiger partial charge in [-0.25, -0.2) is 9.37 Å². The Morgan fingerprint density at radius 2 is 1.86 bits per heavy atom. The molecule has 0 aliphatic heterocycles. The number of benzene rings is 1. The van der Waals surface area contributed by atoms with Crippen LogP contribution in [-0.4, -0.2) is 23.2 Å². The molecule has 2 N–H and O–H groups in total. The molecule has 21 heavy (non-hydrogen) atoms. The third-order valence-corrected chi connectivity index (χ3v) is 4.15. The Kier molecular flexibility index (Phi) is 6.79. The molecule has 0 radical (unpaired) electrons. The van der Waals surface area contributed by atoms with Gasteiger partial charge in [-0.05, 0) is 43.7 Å². The van der Waals surface area contributed by atoms with Crippen LogP contribution in [0.4, 0.5) is 4.39 Å². The number of nitrogens with zero attached hydrogens (tertiary/aromatic N) is 1. The number of aliphatic hydroxyl groups is 1. The SMILES string of the molecule is OCCCCCCNCc1csc(-c2ccc(F)cc2)n1. The first-order chi connectivity index (χ1) is 10.3. The highest BCUT2D eigenvalue weighted by molar-refractivity contribution is 7.13. The molecule has 0 atom stereocenters. The maximum absolute atomic E-state index is 12.9. The summed E-state index contributed by atoms with van der Waals surface area (Å²) in [4.78, 5) is 4.56. The number of aromatic nitrogens is 1. The van der Waals surface area contributed by atoms with Gasteiger partial charge >= 0.3 is 0 Å². The molecule has 0 spiro atoms. The molecule has 0 bridgehead atoms. The predicted octanol–water partition coefficient (Wildman–Crippen LogP) is 3.59. The average molecular weight is 308 g/mol. The monoisotopic (exact) mass is 308 g/mol. The molecule has 0 unspecified atom stereocenters. The Hall–Kier alpha value is -1.30. The van der Waals surface area contributed by atoms with Crippen LogP contribution in [0.25, 0.3) is 10.6 Å². The number of hydrogen-bond acceptors (Lipinski definition) is 4. The minimum absolute atomic E-state index is 0.224. The fourth-order valence-electron chi connectivity index (χ4n) is 2.05. The van der Waals surface area contributed by atoms with Crippen molar-refractivity contribution in [2.75, 3.05) is 13.2 Å². The Morgan fingerprint density at radius 3 is 2.62 bits per heavy atom. The first-order valence-electron chi connectivity index (χ1n) is 7.31. The molecule has 5 heteroatoms. The Bertz CT molecular complexity index is 527. The van der Waals surface area contributed by atoms with Crippen molar-refractivity contribution in [2.45, 2.75) is 32.2 Å². The number of hydrogen-bond donors (Lipinski definition) is 2. The molecule has 0 aliphatic carbocycles. The van der Waals surface area contributed by atoms with Gasteiger partial charge in [0.15, 0.2) is 0 Å². The maximum atomic E-state index is 12.9. The molecule has 0 saturated heterocycles. The van der Waals surface area contributed by atoms with Crippen molar-refractivity contribution in [1.29, 1.82) is 0 Å². The lowest BCUT2D eigenvalue weighted by molar-refractivity contribution is 0.282. The van der Waals surface area contributed by atoms with Crippen LogP contribution < -0.4 is 5.32 Å². The molecule has 0 aliphatic rings. The van der Waals surface area contributed by atoms with Crippen LogP contribution in [0.1, 0.15) is 31.4 Å². The van der Waals surface area contributed by atoms with E-state index in [-0.39, 0.29) is 5.82 Å². The van der Waals surface area contributed by atoms with E-state index >= 15 is 0 Å². The fraction of sp³-hybridized carbons (Fsp3) is 0.438. The summed E-state index contributed by atoms with van der Waals surface area (Å²) in [5.74, 6) is -0.224. The molecule has 2 aromatic rings. The zero-order valence-corrected chi connectivity index (χ0v) is 12.8. The van der Waals surface area contributed by atoms with Gasteiger partial charge in [0.05, 0.1) is 5.69 Å². The number of rotatable bonds is 9. The number of nitrogens with one attached hydrogen (secondary N) is 1. The highest BCUT2D eigenvalue weighted by Crippen LogP contribution is 2.23. The van der Waals surface area contributed by atoms with Gasteiger partial charge in [0, 0.05) is 24.1 Å². The zero-order valence-electron chi connectivity index (χ0n) is 12.0. The van der Waals surface area contributed by atoms with E-state index in [0.717, 1.165) is 55.0 Å². The molecule has 1 aromatic carbocycles. The third-order valence-electron chi connectivity index (χ3n) is 3.21. The molecule has 2 rings (SSSR count). The van der Waals surface area contributed by atoms with Crippen molar-refractivity contribution < 1.29 is 9.50 Å². The lowest BCUT2D eigenvalue weighted by atomic mass is 10.2. The van der Waals surface area contributed by atoms with Gasteiger partial charge in [0.25, 0.3) is 0 Å². The van der Waals surface area contributed by atoms with Crippen LogP contribution in [0.15, 0.2) is 29.6 Å². The number of thiazole rings is 1. The van der Waals surface area contributed by atoms with Crippen molar-refractivity contribution in [2.24, 2.45) is 0 Å². The topological polar surface area (TPSA) is 45.1 Å². The van der Waals surface area contributed by atoms with Crippen molar-refractivity contribution in [3.05, 3.63) is 41.2 Å². The summed E-state index contributed by atoms with van der Waals surface area (Å²) >= 11 is 1.58. The van der Waals surface area contributed by atoms with E-state index in [0.29, 0.717) is 6.61 Å². The highest BCUT2D eigenvalue weighted by Gasteiger charge is 2.04. The summed E-state index contributed by atoms with van der Waals surface area (Å²) in [7, 11) is 0. The fourth-order valence-corrected chi connectivity index (χ4v) is 2.87. The Labute approximate surface area is 128 Å². The van der Waals surface area contributed by atoms with Crippen LogP contribution in [0.2, 0.25) is 0 Å². The van der Waals surface area contributed by atoms with Crippen LogP contribution in [-0.2, 0) is 6.54 Å². The normalized spacial score (nSPS) is 11.0. The van der Waals surface area contributed by atoms with Gasteiger partial charge in [-0.15, -0.1) is 11.3 Å². The second-order valence-electron chi connectivity index (χ2n) is 4.97. The summed E-state index contributed by atoms with van der Waals surface area (Å²) in [5.41, 5.74) is 1.98. The van der Waals surface area contributed by atoms with Gasteiger partial charge in [-0.1, -0.05) is 12.8 Å². The number of unbranched alkanes of at least 4 members (excludes halogenated alkanes) is 3. The van der Waals surface area contributed by atoms with Gasteiger partial charge in [-0.2, -0.15) is 0 Å². The summed E-state index contributed by atoms with van der Waals surface area (Å²) in [6.07, 6.45) is 4.25. The Morgan fingerprint density at radius 1 is 1.10 bits per heavy atom. The summed E-state index contributed by atoms with van der Waals surface area (Å²) in [6.45, 7) is 2.02. The molecule has 0 amide bonds. The van der Waals surface area contributed by atoms with Gasteiger partial charge in [0.2, 0.25) is 0 Å². The highest BCUT2D eigenvalue weighted by atomic mass is 32.1. The van der Waals surface area contributed by atoms with Crippen molar-refractivity contribution in [3.8, 4) is 10.6 Å². The zero-order chi connectivity index (χ0) is 14.9. The molecule has 114 valence electrons. The second kappa shape index (κ2) is 8.87. The minimum atomic E-state index is -0.224. The summed E-state index contributed by atoms with van der Waals surface area (Å²) in [5, 5.41) is 15.0. The van der Waals surface area contributed by atoms with Crippen LogP contribution in [0.5, 0.6) is 0 Å². The van der Waals surface area contributed by atoms with Gasteiger partial charge in [0.1, 0.15) is 10.8 Å². The predicted molar refractivity (Wildman–Crippen MR) is 84.8 cm³/mol. The van der Waals surface area contributed by atoms with E-state index < -0.39 is 0 Å². The van der Waals surface area contributed by atoms with Crippen molar-refractivity contribution in [3.63, 3.8) is 0 Å². The second-order valence-corrected chi connectivity index (χ2v) is 5.82. The molecular weight excluding hydrogens is 287 g/mol. The van der Waals surface area contributed by atoms with Crippen LogP contribution in [0.3, 0.4) is 0 Å². The first kappa shape index (κ1) is 16.1. The Balaban J connectivity index is 1.72. The summed E-state index contributed by atoms with van der Waals surface area (Å²) in [6, 6.07) is 6.43. The van der Waals surface area contributed by atoms with E-state index in [1.807, 2.05) is 5.38 Å². The quantitative estimate of drug-likeness (QED) is 0.696. The van der Waals surface area contributed by atoms with E-state index in [1.165, 1.54) is 12.1 Å². The average Bonchev–Trinajstić information content (AvgIpc) is 2.96. The first-order valence-corrected chi connectivity index (χ1v) is 8.19. The van der Waals surface area contributed by atoms with Crippen LogP contribution in [0, 0.1) is 5.82 Å². The maximum Gasteiger partial charge on any atom is 0.123 e. The minimum Gasteiger partial charge on any atom is -0.396 e. The van der Waals surface area contributed by atoms with Gasteiger partial charge < -0.3 is 10.4 Å². The lowest BCUT2D eigenvalue weighted by Gasteiger charge is -2.02. The van der Waals surface area contributed by atoms with E-state index in [4.69, 9.17) is 5.11 Å². The standard InChI is InChI=1S/C16H21FN2OS/c17-14-7-5-13(6-8-14)16-19-15(12-21-16)11-18-9-3-1-2-4-10-20/h5-8,12,18,20H,1-4,9-11H2. The third kappa shape index (κ3) is 5.53. The molecule has 1 heterocycles. The molecular formula is C16H21FN2OS. The van der Waals surface area contributed by atoms with Gasteiger partial charge in [-0.3, -0.25) is 0 Å². The smallest absolute Gasteiger partial charge is 0.123 e. The van der Waals surface area contributed by atoms with Crippen LogP contribution >= 0.6 is 11.3 Å². The number of aliphatic hydroxyl groups excluding tert-OH is 1. The molecule has 1 aromatic heterocycles. The molecule has 0 fully saturated rings. The number of halogens is 1. The lowest BCUT2D eigenvalue weighted by Crippen LogP contribution is -2.14. The molecule has 0 saturated carbocycles. The van der Waals surface area contributed by atoms with Crippen molar-refractivity contribution in [1.82, 2.24) is 10.3 Å². The van der Waals surface area contributed by atoms with Crippen molar-refractivity contribution >= 4 is 11.3 Å². The van der Waals surface area contributed by atoms with E-state index in [9.17, 15) is 4.39 Å². The molecule has 3 nitrogen and oxygen atoms in total. The van der Waals surface area contributed by atoms with E-state index in [1.54, 1.807) is 23.5 Å². The van der Waals surface area contributed by atoms with E-state index in [2.05, 4.69) is 10.3 Å².